The van der Waals surface area contributed by atoms with E-state index < -0.39 is 6.04 Å². The van der Waals surface area contributed by atoms with Crippen LogP contribution in [0.1, 0.15) is 92.9 Å². The Morgan fingerprint density at radius 2 is 1.80 bits per heavy atom. The molecule has 2 N–H and O–H groups in total. The molecule has 1 aliphatic carbocycles. The molecular weight excluding hydrogens is 556 g/mol. The normalized spacial score (nSPS) is 23.4. The number of hydrogen-bond acceptors (Lipinski definition) is 7. The summed E-state index contributed by atoms with van der Waals surface area (Å²) >= 11 is 0. The van der Waals surface area contributed by atoms with Crippen LogP contribution in [-0.2, 0) is 4.74 Å². The lowest BCUT2D eigenvalue weighted by atomic mass is 9.89. The lowest BCUT2D eigenvalue weighted by Crippen LogP contribution is -2.47. The number of aliphatic hydroxyl groups excluding tert-OH is 1. The van der Waals surface area contributed by atoms with Crippen LogP contribution in [0.25, 0.3) is 0 Å². The standard InChI is InChI=1S/C35H52N4O5/c1-25-21-39(26(2)24-40)35(42)31-20-30(37-34(41)29-15-17-36-18-16-29)13-14-32(31)44-27(3)10-8-9-19-43-33(25)23-38(4)22-28-11-6-5-7-12-28/h13-18,20,25-28,33,40H,5-12,19,21-24H2,1-4H3,(H,37,41)/t25-,26+,27-,33+/m0/s1. The number of ether oxygens (including phenoxy) is 2. The Kier molecular flexibility index (Phi) is 13.0. The predicted octanol–water partition coefficient (Wildman–Crippen LogP) is 5.64. The summed E-state index contributed by atoms with van der Waals surface area (Å²) in [5.74, 6) is 0.710. The Labute approximate surface area is 263 Å². The summed E-state index contributed by atoms with van der Waals surface area (Å²) in [7, 11) is 2.19. The van der Waals surface area contributed by atoms with Crippen LogP contribution in [0.4, 0.5) is 5.69 Å². The van der Waals surface area contributed by atoms with Gasteiger partial charge in [-0.15, -0.1) is 0 Å². The number of hydrogen-bond donors (Lipinski definition) is 2. The lowest BCUT2D eigenvalue weighted by molar-refractivity contribution is -0.0190. The number of aliphatic hydroxyl groups is 1. The van der Waals surface area contributed by atoms with Crippen LogP contribution in [0, 0.1) is 11.8 Å². The summed E-state index contributed by atoms with van der Waals surface area (Å²) in [4.78, 5) is 35.3. The molecule has 2 amide bonds. The van der Waals surface area contributed by atoms with Crippen LogP contribution >= 0.6 is 0 Å². The molecule has 2 heterocycles. The second kappa shape index (κ2) is 16.9. The smallest absolute Gasteiger partial charge is 0.258 e. The summed E-state index contributed by atoms with van der Waals surface area (Å²) in [6, 6.07) is 8.07. The van der Waals surface area contributed by atoms with E-state index in [1.54, 1.807) is 47.6 Å². The fourth-order valence-corrected chi connectivity index (χ4v) is 6.36. The average Bonchev–Trinajstić information content (AvgIpc) is 3.03. The number of likely N-dealkylation sites (N-methyl/N-ethyl adjacent to an activating group) is 1. The Balaban J connectivity index is 1.59. The summed E-state index contributed by atoms with van der Waals surface area (Å²) in [6.07, 6.45) is 12.3. The minimum atomic E-state index is -0.418. The number of carbonyl (C=O) groups excluding carboxylic acids is 2. The zero-order chi connectivity index (χ0) is 31.5. The predicted molar refractivity (Wildman–Crippen MR) is 173 cm³/mol. The number of carbonyl (C=O) groups is 2. The van der Waals surface area contributed by atoms with Gasteiger partial charge in [0.25, 0.3) is 11.8 Å². The van der Waals surface area contributed by atoms with Crippen molar-refractivity contribution in [2.24, 2.45) is 11.8 Å². The van der Waals surface area contributed by atoms with Crippen LogP contribution < -0.4 is 10.1 Å². The summed E-state index contributed by atoms with van der Waals surface area (Å²) in [5.41, 5.74) is 1.33. The second-order valence-corrected chi connectivity index (χ2v) is 12.9. The number of aromatic nitrogens is 1. The van der Waals surface area contributed by atoms with E-state index in [0.717, 1.165) is 38.3 Å². The fourth-order valence-electron chi connectivity index (χ4n) is 6.36. The molecule has 1 fully saturated rings. The summed E-state index contributed by atoms with van der Waals surface area (Å²) in [5, 5.41) is 13.1. The van der Waals surface area contributed by atoms with Crippen LogP contribution in [-0.4, -0.2) is 89.9 Å². The van der Waals surface area contributed by atoms with Crippen molar-refractivity contribution in [3.63, 3.8) is 0 Å². The van der Waals surface area contributed by atoms with E-state index in [1.165, 1.54) is 32.1 Å². The Bertz CT molecular complexity index is 1190. The van der Waals surface area contributed by atoms with Gasteiger partial charge in [-0.3, -0.25) is 14.6 Å². The first kappa shape index (κ1) is 33.9. The van der Waals surface area contributed by atoms with E-state index in [4.69, 9.17) is 9.47 Å². The van der Waals surface area contributed by atoms with Crippen molar-refractivity contribution < 1.29 is 24.2 Å². The molecule has 1 saturated carbocycles. The van der Waals surface area contributed by atoms with Crippen molar-refractivity contribution in [1.29, 1.82) is 0 Å². The third kappa shape index (κ3) is 9.74. The minimum absolute atomic E-state index is 0.0302. The van der Waals surface area contributed by atoms with Crippen molar-refractivity contribution in [2.75, 3.05) is 45.2 Å². The Morgan fingerprint density at radius 1 is 1.07 bits per heavy atom. The average molecular weight is 609 g/mol. The third-order valence-electron chi connectivity index (χ3n) is 9.04. The van der Waals surface area contributed by atoms with Crippen LogP contribution in [0.5, 0.6) is 5.75 Å². The molecule has 2 aromatic rings. The SMILES string of the molecule is C[C@H](CO)N1C[C@H](C)[C@@H](CN(C)CC2CCCCC2)OCCCC[C@H](C)Oc2ccc(NC(=O)c3ccncc3)cc2C1=O. The van der Waals surface area contributed by atoms with E-state index in [9.17, 15) is 14.7 Å². The van der Waals surface area contributed by atoms with Gasteiger partial charge < -0.3 is 29.7 Å². The zero-order valence-electron chi connectivity index (χ0n) is 27.0. The molecule has 4 rings (SSSR count). The van der Waals surface area contributed by atoms with Gasteiger partial charge in [0.2, 0.25) is 0 Å². The highest BCUT2D eigenvalue weighted by molar-refractivity contribution is 6.05. The minimum Gasteiger partial charge on any atom is -0.490 e. The van der Waals surface area contributed by atoms with E-state index in [-0.39, 0.29) is 36.5 Å². The van der Waals surface area contributed by atoms with Crippen molar-refractivity contribution in [1.82, 2.24) is 14.8 Å². The van der Waals surface area contributed by atoms with Crippen molar-refractivity contribution in [3.8, 4) is 5.75 Å². The molecule has 1 aromatic carbocycles. The number of rotatable bonds is 8. The molecule has 0 bridgehead atoms. The van der Waals surface area contributed by atoms with Gasteiger partial charge in [-0.2, -0.15) is 0 Å². The molecule has 44 heavy (non-hydrogen) atoms. The van der Waals surface area contributed by atoms with E-state index >= 15 is 0 Å². The van der Waals surface area contributed by atoms with E-state index in [2.05, 4.69) is 29.2 Å². The first-order valence-corrected chi connectivity index (χ1v) is 16.5. The molecule has 1 aromatic heterocycles. The first-order valence-electron chi connectivity index (χ1n) is 16.5. The highest BCUT2D eigenvalue weighted by atomic mass is 16.5. The molecule has 9 heteroatoms. The molecule has 242 valence electrons. The Hall–Kier alpha value is -3.01. The maximum Gasteiger partial charge on any atom is 0.258 e. The number of pyridine rings is 1. The summed E-state index contributed by atoms with van der Waals surface area (Å²) in [6.45, 7) is 8.80. The molecule has 0 saturated heterocycles. The number of anilines is 1. The van der Waals surface area contributed by atoms with Gasteiger partial charge in [-0.05, 0) is 89.2 Å². The topological polar surface area (TPSA) is 104 Å². The fraction of sp³-hybridized carbons (Fsp3) is 0.629. The highest BCUT2D eigenvalue weighted by Crippen LogP contribution is 2.29. The van der Waals surface area contributed by atoms with Gasteiger partial charge in [0.05, 0.1) is 30.4 Å². The maximum atomic E-state index is 14.3. The van der Waals surface area contributed by atoms with Crippen LogP contribution in [0.15, 0.2) is 42.7 Å². The van der Waals surface area contributed by atoms with Crippen molar-refractivity contribution >= 4 is 17.5 Å². The van der Waals surface area contributed by atoms with Gasteiger partial charge in [0, 0.05) is 55.8 Å². The number of benzene rings is 1. The number of nitrogens with zero attached hydrogens (tertiary/aromatic N) is 3. The van der Waals surface area contributed by atoms with Gasteiger partial charge in [0.15, 0.2) is 0 Å². The van der Waals surface area contributed by atoms with Crippen molar-refractivity contribution in [3.05, 3.63) is 53.9 Å². The monoisotopic (exact) mass is 608 g/mol. The quantitative estimate of drug-likeness (QED) is 0.400. The number of amides is 2. The van der Waals surface area contributed by atoms with E-state index in [0.29, 0.717) is 35.7 Å². The number of nitrogens with one attached hydrogen (secondary N) is 1. The molecular formula is C35H52N4O5. The van der Waals surface area contributed by atoms with Gasteiger partial charge >= 0.3 is 0 Å². The second-order valence-electron chi connectivity index (χ2n) is 12.9. The molecule has 1 aliphatic heterocycles. The molecule has 9 nitrogen and oxygen atoms in total. The molecule has 0 spiro atoms. The van der Waals surface area contributed by atoms with Crippen LogP contribution in [0.2, 0.25) is 0 Å². The third-order valence-corrected chi connectivity index (χ3v) is 9.04. The Morgan fingerprint density at radius 3 is 2.52 bits per heavy atom. The van der Waals surface area contributed by atoms with Crippen molar-refractivity contribution in [2.45, 2.75) is 90.4 Å². The molecule has 4 atom stereocenters. The highest BCUT2D eigenvalue weighted by Gasteiger charge is 2.31. The zero-order valence-corrected chi connectivity index (χ0v) is 27.0. The van der Waals surface area contributed by atoms with Gasteiger partial charge in [0.1, 0.15) is 5.75 Å². The van der Waals surface area contributed by atoms with Gasteiger partial charge in [-0.25, -0.2) is 0 Å². The first-order chi connectivity index (χ1) is 21.2. The summed E-state index contributed by atoms with van der Waals surface area (Å²) < 4.78 is 12.8. The molecule has 2 aliphatic rings. The lowest BCUT2D eigenvalue weighted by Gasteiger charge is -2.36. The van der Waals surface area contributed by atoms with E-state index in [1.807, 2.05) is 13.8 Å². The number of fused-ring (bicyclic) bond motifs is 1. The molecule has 0 radical (unpaired) electrons. The largest absolute Gasteiger partial charge is 0.490 e. The van der Waals surface area contributed by atoms with Crippen LogP contribution in [0.3, 0.4) is 0 Å². The maximum absolute atomic E-state index is 14.3. The van der Waals surface area contributed by atoms with Gasteiger partial charge in [-0.1, -0.05) is 26.2 Å². The molecule has 0 unspecified atom stereocenters.